The van der Waals surface area contributed by atoms with E-state index in [-0.39, 0.29) is 11.9 Å². The number of carbonyl (C=O) groups excluding carboxylic acids is 2. The van der Waals surface area contributed by atoms with E-state index in [9.17, 15) is 9.59 Å². The Labute approximate surface area is 148 Å². The summed E-state index contributed by atoms with van der Waals surface area (Å²) < 4.78 is 5.57. The van der Waals surface area contributed by atoms with Gasteiger partial charge in [0.1, 0.15) is 5.75 Å². The molecule has 0 fully saturated rings. The molecule has 134 valence electrons. The summed E-state index contributed by atoms with van der Waals surface area (Å²) in [6, 6.07) is 8.97. The molecular weight excluding hydrogens is 316 g/mol. The molecule has 0 unspecified atom stereocenters. The van der Waals surface area contributed by atoms with E-state index in [2.05, 4.69) is 5.32 Å². The van der Waals surface area contributed by atoms with Crippen molar-refractivity contribution in [2.45, 2.75) is 41.5 Å². The van der Waals surface area contributed by atoms with Gasteiger partial charge in [0.25, 0.3) is 0 Å². The monoisotopic (exact) mass is 342 g/mol. The number of anilines is 2. The normalized spacial score (nSPS) is 12.1. The lowest BCUT2D eigenvalue weighted by atomic mass is 9.95. The molecule has 0 aliphatic heterocycles. The van der Waals surface area contributed by atoms with Gasteiger partial charge in [-0.05, 0) is 20.8 Å². The third-order valence-electron chi connectivity index (χ3n) is 3.77. The number of nitrogens with one attached hydrogen (secondary N) is 1. The van der Waals surface area contributed by atoms with Gasteiger partial charge >= 0.3 is 5.97 Å². The molecule has 0 aliphatic carbocycles. The zero-order chi connectivity index (χ0) is 19.0. The van der Waals surface area contributed by atoms with Crippen LogP contribution in [-0.4, -0.2) is 11.9 Å². The van der Waals surface area contributed by atoms with Crippen LogP contribution in [0.15, 0.2) is 30.3 Å². The molecule has 25 heavy (non-hydrogen) atoms. The summed E-state index contributed by atoms with van der Waals surface area (Å²) in [5.74, 6) is -0.0888. The Hall–Kier alpha value is -2.56. The van der Waals surface area contributed by atoms with Gasteiger partial charge in [-0.3, -0.25) is 9.59 Å². The molecule has 2 aromatic carbocycles. The van der Waals surface area contributed by atoms with Crippen LogP contribution in [0.25, 0.3) is 10.8 Å². The molecule has 0 radical (unpaired) electrons. The first-order valence-electron chi connectivity index (χ1n) is 8.26. The average Bonchev–Trinajstić information content (AvgIpc) is 2.48. The van der Waals surface area contributed by atoms with Crippen LogP contribution in [-0.2, 0) is 9.59 Å². The highest BCUT2D eigenvalue weighted by atomic mass is 16.5. The van der Waals surface area contributed by atoms with Gasteiger partial charge in [-0.25, -0.2) is 0 Å². The number of nitrogen functional groups attached to an aromatic ring is 1. The van der Waals surface area contributed by atoms with Gasteiger partial charge in [0.15, 0.2) is 0 Å². The van der Waals surface area contributed by atoms with Crippen LogP contribution in [0.2, 0.25) is 0 Å². The zero-order valence-corrected chi connectivity index (χ0v) is 15.7. The van der Waals surface area contributed by atoms with E-state index in [1.165, 1.54) is 0 Å². The summed E-state index contributed by atoms with van der Waals surface area (Å²) in [5, 5.41) is 4.35. The maximum atomic E-state index is 12.4. The number of hydrogen-bond acceptors (Lipinski definition) is 4. The first-order valence-corrected chi connectivity index (χ1v) is 8.26. The topological polar surface area (TPSA) is 81.4 Å². The number of rotatable bonds is 2. The molecule has 1 amide bonds. The van der Waals surface area contributed by atoms with Crippen molar-refractivity contribution in [2.24, 2.45) is 10.8 Å². The van der Waals surface area contributed by atoms with Crippen LogP contribution in [0.1, 0.15) is 41.5 Å². The molecule has 5 heteroatoms. The van der Waals surface area contributed by atoms with E-state index in [1.54, 1.807) is 26.8 Å². The van der Waals surface area contributed by atoms with Crippen LogP contribution in [0.5, 0.6) is 5.75 Å². The predicted octanol–water partition coefficient (Wildman–Crippen LogP) is 4.36. The number of amides is 1. The molecule has 0 saturated carbocycles. The Balaban J connectivity index is 2.54. The lowest BCUT2D eigenvalue weighted by molar-refractivity contribution is -0.142. The summed E-state index contributed by atoms with van der Waals surface area (Å²) in [6.07, 6.45) is 0. The number of hydrogen-bond donors (Lipinski definition) is 2. The first-order chi connectivity index (χ1) is 11.4. The fourth-order valence-corrected chi connectivity index (χ4v) is 2.14. The molecular formula is C20H26N2O3. The van der Waals surface area contributed by atoms with E-state index in [1.807, 2.05) is 45.0 Å². The number of ether oxygens (including phenoxy) is 1. The van der Waals surface area contributed by atoms with Gasteiger partial charge in [-0.2, -0.15) is 0 Å². The van der Waals surface area contributed by atoms with Crippen molar-refractivity contribution < 1.29 is 14.3 Å². The maximum Gasteiger partial charge on any atom is 0.316 e. The highest BCUT2D eigenvalue weighted by Crippen LogP contribution is 2.38. The van der Waals surface area contributed by atoms with Crippen molar-refractivity contribution in [2.75, 3.05) is 11.1 Å². The van der Waals surface area contributed by atoms with Crippen molar-refractivity contribution in [1.29, 1.82) is 0 Å². The standard InChI is InChI=1S/C20H26N2O3/c1-19(2,3)17(23)22-16-13-10-8-7-9-12(13)15(11-14(16)21)25-18(24)20(4,5)6/h7-11H,21H2,1-6H3,(H,22,23). The van der Waals surface area contributed by atoms with Crippen molar-refractivity contribution in [3.05, 3.63) is 30.3 Å². The molecule has 0 aliphatic rings. The summed E-state index contributed by atoms with van der Waals surface area (Å²) in [6.45, 7) is 10.9. The van der Waals surface area contributed by atoms with E-state index in [0.29, 0.717) is 17.1 Å². The van der Waals surface area contributed by atoms with Gasteiger partial charge in [0.2, 0.25) is 5.91 Å². The number of nitrogens with two attached hydrogens (primary N) is 1. The second-order valence-corrected chi connectivity index (χ2v) is 8.23. The smallest absolute Gasteiger partial charge is 0.316 e. The SMILES string of the molecule is CC(C)(C)C(=O)Nc1c(N)cc(OC(=O)C(C)(C)C)c2ccccc12. The molecule has 0 saturated heterocycles. The quantitative estimate of drug-likeness (QED) is 0.483. The molecule has 5 nitrogen and oxygen atoms in total. The summed E-state index contributed by atoms with van der Waals surface area (Å²) in [7, 11) is 0. The molecule has 3 N–H and O–H groups in total. The molecule has 2 aromatic rings. The Morgan fingerprint density at radius 3 is 2.04 bits per heavy atom. The average molecular weight is 342 g/mol. The molecule has 0 spiro atoms. The summed E-state index contributed by atoms with van der Waals surface area (Å²) >= 11 is 0. The highest BCUT2D eigenvalue weighted by molar-refractivity contribution is 6.10. The van der Waals surface area contributed by atoms with Crippen LogP contribution in [0, 0.1) is 10.8 Å². The Morgan fingerprint density at radius 2 is 1.52 bits per heavy atom. The Kier molecular flexibility index (Phi) is 4.80. The van der Waals surface area contributed by atoms with Gasteiger partial charge < -0.3 is 15.8 Å². The van der Waals surface area contributed by atoms with E-state index < -0.39 is 10.8 Å². The second-order valence-electron chi connectivity index (χ2n) is 8.23. The molecule has 0 atom stereocenters. The summed E-state index contributed by atoms with van der Waals surface area (Å²) in [4.78, 5) is 24.6. The third kappa shape index (κ3) is 4.10. The number of benzene rings is 2. The minimum Gasteiger partial charge on any atom is -0.425 e. The van der Waals surface area contributed by atoms with E-state index >= 15 is 0 Å². The minimum atomic E-state index is -0.630. The molecule has 0 bridgehead atoms. The van der Waals surface area contributed by atoms with Gasteiger partial charge in [-0.1, -0.05) is 45.0 Å². The number of carbonyl (C=O) groups is 2. The van der Waals surface area contributed by atoms with Crippen molar-refractivity contribution >= 4 is 34.0 Å². The third-order valence-corrected chi connectivity index (χ3v) is 3.77. The maximum absolute atomic E-state index is 12.4. The lowest BCUT2D eigenvalue weighted by Gasteiger charge is -2.22. The van der Waals surface area contributed by atoms with Crippen LogP contribution in [0.4, 0.5) is 11.4 Å². The Bertz CT molecular complexity index is 827. The first kappa shape index (κ1) is 18.8. The largest absolute Gasteiger partial charge is 0.425 e. The highest BCUT2D eigenvalue weighted by Gasteiger charge is 2.26. The molecule has 2 rings (SSSR count). The number of esters is 1. The van der Waals surface area contributed by atoms with Crippen molar-refractivity contribution in [3.63, 3.8) is 0 Å². The van der Waals surface area contributed by atoms with Crippen LogP contribution < -0.4 is 15.8 Å². The number of fused-ring (bicyclic) bond motifs is 1. The van der Waals surface area contributed by atoms with E-state index in [0.717, 1.165) is 10.8 Å². The van der Waals surface area contributed by atoms with Gasteiger partial charge in [0.05, 0.1) is 16.8 Å². The molecule has 0 heterocycles. The predicted molar refractivity (Wildman–Crippen MR) is 102 cm³/mol. The van der Waals surface area contributed by atoms with Crippen LogP contribution >= 0.6 is 0 Å². The Morgan fingerprint density at radius 1 is 0.960 bits per heavy atom. The van der Waals surface area contributed by atoms with Crippen molar-refractivity contribution in [1.82, 2.24) is 0 Å². The van der Waals surface area contributed by atoms with Gasteiger partial charge in [-0.15, -0.1) is 0 Å². The van der Waals surface area contributed by atoms with Gasteiger partial charge in [0, 0.05) is 22.3 Å². The van der Waals surface area contributed by atoms with Crippen molar-refractivity contribution in [3.8, 4) is 5.75 Å². The fourth-order valence-electron chi connectivity index (χ4n) is 2.14. The zero-order valence-electron chi connectivity index (χ0n) is 15.7. The van der Waals surface area contributed by atoms with E-state index in [4.69, 9.17) is 10.5 Å². The summed E-state index contributed by atoms with van der Waals surface area (Å²) in [5.41, 5.74) is 5.87. The minimum absolute atomic E-state index is 0.135. The molecule has 0 aromatic heterocycles. The van der Waals surface area contributed by atoms with Crippen LogP contribution in [0.3, 0.4) is 0 Å². The second kappa shape index (κ2) is 6.39. The lowest BCUT2D eigenvalue weighted by Crippen LogP contribution is -2.28. The fraction of sp³-hybridized carbons (Fsp3) is 0.400.